The molecule has 0 radical (unpaired) electrons. The second-order valence-electron chi connectivity index (χ2n) is 6.01. The molecule has 0 spiro atoms. The molecule has 24 heavy (non-hydrogen) atoms. The lowest BCUT2D eigenvalue weighted by Crippen LogP contribution is -2.52. The first-order valence-corrected chi connectivity index (χ1v) is 9.11. The molecule has 2 aromatic rings. The van der Waals surface area contributed by atoms with Gasteiger partial charge >= 0.3 is 5.97 Å². The molecule has 1 aromatic heterocycles. The van der Waals surface area contributed by atoms with Gasteiger partial charge in [0.1, 0.15) is 0 Å². The average molecular weight is 349 g/mol. The Morgan fingerprint density at radius 2 is 1.96 bits per heavy atom. The maximum atomic E-state index is 12.8. The Hall–Kier alpha value is -2.19. The summed E-state index contributed by atoms with van der Waals surface area (Å²) < 4.78 is 28.3. The lowest BCUT2D eigenvalue weighted by molar-refractivity contribution is -0.150. The van der Waals surface area contributed by atoms with Crippen LogP contribution >= 0.6 is 0 Å². The first-order chi connectivity index (χ1) is 11.4. The average Bonchev–Trinajstić information content (AvgIpc) is 3.09. The van der Waals surface area contributed by atoms with Crippen molar-refractivity contribution in [1.29, 1.82) is 0 Å². The number of carbonyl (C=O) groups is 1. The summed E-state index contributed by atoms with van der Waals surface area (Å²) in [6.07, 6.45) is 3.49. The van der Waals surface area contributed by atoms with E-state index in [1.54, 1.807) is 30.5 Å². The number of aromatic nitrogens is 2. The smallest absolute Gasteiger partial charge is 0.331 e. The number of sulfonamides is 1. The third kappa shape index (κ3) is 2.71. The van der Waals surface area contributed by atoms with E-state index in [4.69, 9.17) is 0 Å². The molecule has 128 valence electrons. The second-order valence-corrected chi connectivity index (χ2v) is 7.95. The summed E-state index contributed by atoms with van der Waals surface area (Å²) in [5, 5.41) is 13.7. The van der Waals surface area contributed by atoms with Crippen molar-refractivity contribution in [2.24, 2.45) is 0 Å². The molecule has 1 N–H and O–H groups in total. The summed E-state index contributed by atoms with van der Waals surface area (Å²) in [4.78, 5) is 12.1. The van der Waals surface area contributed by atoms with Crippen LogP contribution in [0.5, 0.6) is 0 Å². The number of rotatable bonds is 4. The first-order valence-electron chi connectivity index (χ1n) is 7.67. The van der Waals surface area contributed by atoms with Gasteiger partial charge in [0.05, 0.1) is 4.90 Å². The molecule has 0 unspecified atom stereocenters. The van der Waals surface area contributed by atoms with Crippen LogP contribution in [0.4, 0.5) is 0 Å². The largest absolute Gasteiger partial charge is 0.479 e. The van der Waals surface area contributed by atoms with Crippen LogP contribution in [0.25, 0.3) is 0 Å². The van der Waals surface area contributed by atoms with E-state index in [0.717, 1.165) is 5.56 Å². The molecule has 8 heteroatoms. The van der Waals surface area contributed by atoms with E-state index in [0.29, 0.717) is 0 Å². The van der Waals surface area contributed by atoms with Crippen molar-refractivity contribution in [2.45, 2.75) is 30.2 Å². The zero-order valence-electron chi connectivity index (χ0n) is 13.3. The van der Waals surface area contributed by atoms with Crippen molar-refractivity contribution in [2.75, 3.05) is 13.1 Å². The number of hydrogen-bond donors (Lipinski definition) is 1. The van der Waals surface area contributed by atoms with Gasteiger partial charge in [0.2, 0.25) is 10.0 Å². The van der Waals surface area contributed by atoms with Gasteiger partial charge in [-0.3, -0.25) is 4.68 Å². The first kappa shape index (κ1) is 16.7. The zero-order chi connectivity index (χ0) is 17.4. The van der Waals surface area contributed by atoms with Gasteiger partial charge < -0.3 is 5.11 Å². The number of nitrogens with zero attached hydrogens (tertiary/aromatic N) is 3. The van der Waals surface area contributed by atoms with Gasteiger partial charge in [-0.05, 0) is 43.5 Å². The van der Waals surface area contributed by atoms with Gasteiger partial charge in [-0.25, -0.2) is 13.2 Å². The maximum absolute atomic E-state index is 12.8. The summed E-state index contributed by atoms with van der Waals surface area (Å²) >= 11 is 0. The molecule has 7 nitrogen and oxygen atoms in total. The summed E-state index contributed by atoms with van der Waals surface area (Å²) in [5.41, 5.74) is -0.327. The normalized spacial score (nSPS) is 18.4. The van der Waals surface area contributed by atoms with Crippen LogP contribution in [0.1, 0.15) is 18.4 Å². The van der Waals surface area contributed by atoms with Crippen LogP contribution in [0.2, 0.25) is 0 Å². The summed E-state index contributed by atoms with van der Waals surface area (Å²) in [6, 6.07) is 8.40. The van der Waals surface area contributed by atoms with E-state index in [2.05, 4.69) is 5.10 Å². The molecule has 2 heterocycles. The lowest BCUT2D eigenvalue weighted by Gasteiger charge is -2.38. The molecule has 0 saturated carbocycles. The van der Waals surface area contributed by atoms with Gasteiger partial charge in [0.25, 0.3) is 0 Å². The number of carboxylic acid groups (broad SMARTS) is 1. The van der Waals surface area contributed by atoms with E-state index in [1.165, 1.54) is 15.2 Å². The Morgan fingerprint density at radius 3 is 2.50 bits per heavy atom. The van der Waals surface area contributed by atoms with Crippen molar-refractivity contribution in [3.8, 4) is 0 Å². The molecule has 1 aromatic carbocycles. The van der Waals surface area contributed by atoms with E-state index in [-0.39, 0.29) is 30.8 Å². The number of aryl methyl sites for hydroxylation is 1. The molecule has 1 saturated heterocycles. The maximum Gasteiger partial charge on any atom is 0.331 e. The Morgan fingerprint density at radius 1 is 1.25 bits per heavy atom. The lowest BCUT2D eigenvalue weighted by atomic mass is 9.88. The minimum absolute atomic E-state index is 0.141. The fourth-order valence-electron chi connectivity index (χ4n) is 3.08. The van der Waals surface area contributed by atoms with Gasteiger partial charge in [0, 0.05) is 25.5 Å². The highest BCUT2D eigenvalue weighted by Gasteiger charge is 2.46. The predicted octanol–water partition coefficient (Wildman–Crippen LogP) is 1.46. The fourth-order valence-corrected chi connectivity index (χ4v) is 4.63. The van der Waals surface area contributed by atoms with Crippen molar-refractivity contribution in [3.05, 3.63) is 48.3 Å². The number of carboxylic acids is 1. The molecule has 0 amide bonds. The molecule has 1 aliphatic heterocycles. The van der Waals surface area contributed by atoms with Crippen molar-refractivity contribution in [3.63, 3.8) is 0 Å². The predicted molar refractivity (Wildman–Crippen MR) is 87.0 cm³/mol. The molecule has 0 atom stereocenters. The van der Waals surface area contributed by atoms with E-state index in [1.807, 2.05) is 13.0 Å². The highest BCUT2D eigenvalue weighted by molar-refractivity contribution is 7.89. The molecular formula is C16H19N3O4S. The van der Waals surface area contributed by atoms with Gasteiger partial charge in [-0.15, -0.1) is 0 Å². The summed E-state index contributed by atoms with van der Waals surface area (Å²) in [7, 11) is -3.62. The van der Waals surface area contributed by atoms with E-state index < -0.39 is 21.5 Å². The number of aliphatic carboxylic acids is 1. The van der Waals surface area contributed by atoms with Crippen molar-refractivity contribution in [1.82, 2.24) is 14.1 Å². The Kier molecular flexibility index (Phi) is 4.18. The highest BCUT2D eigenvalue weighted by Crippen LogP contribution is 2.32. The third-order valence-corrected chi connectivity index (χ3v) is 6.41. The van der Waals surface area contributed by atoms with Gasteiger partial charge in [0.15, 0.2) is 5.54 Å². The Bertz CT molecular complexity index is 838. The van der Waals surface area contributed by atoms with Crippen LogP contribution < -0.4 is 0 Å². The molecule has 3 rings (SSSR count). The van der Waals surface area contributed by atoms with Crippen LogP contribution in [0.3, 0.4) is 0 Å². The molecule has 1 fully saturated rings. The van der Waals surface area contributed by atoms with Crippen molar-refractivity contribution >= 4 is 16.0 Å². The number of benzene rings is 1. The van der Waals surface area contributed by atoms with Crippen LogP contribution in [-0.2, 0) is 20.4 Å². The fraction of sp³-hybridized carbons (Fsp3) is 0.375. The quantitative estimate of drug-likeness (QED) is 0.902. The summed E-state index contributed by atoms with van der Waals surface area (Å²) in [5.74, 6) is -0.987. The summed E-state index contributed by atoms with van der Waals surface area (Å²) in [6.45, 7) is 2.12. The van der Waals surface area contributed by atoms with E-state index in [9.17, 15) is 18.3 Å². The van der Waals surface area contributed by atoms with Gasteiger partial charge in [-0.2, -0.15) is 9.40 Å². The topological polar surface area (TPSA) is 92.5 Å². The molecular weight excluding hydrogens is 330 g/mol. The number of piperidine rings is 1. The zero-order valence-corrected chi connectivity index (χ0v) is 14.1. The minimum Gasteiger partial charge on any atom is -0.479 e. The Labute approximate surface area is 140 Å². The standard InChI is InChI=1S/C16H19N3O4S/c1-13-4-2-5-14(12-13)24(22,23)18-10-6-16(7-11-18,15(20)21)19-9-3-8-17-19/h2-5,8-9,12H,6-7,10-11H2,1H3,(H,20,21). The van der Waals surface area contributed by atoms with Crippen LogP contribution in [0, 0.1) is 6.92 Å². The second kappa shape index (κ2) is 6.03. The monoisotopic (exact) mass is 349 g/mol. The minimum atomic E-state index is -3.62. The van der Waals surface area contributed by atoms with Crippen LogP contribution in [-0.4, -0.2) is 46.7 Å². The third-order valence-electron chi connectivity index (χ3n) is 4.52. The van der Waals surface area contributed by atoms with Crippen molar-refractivity contribution < 1.29 is 18.3 Å². The van der Waals surface area contributed by atoms with Crippen LogP contribution in [0.15, 0.2) is 47.6 Å². The van der Waals surface area contributed by atoms with E-state index >= 15 is 0 Å². The molecule has 0 aliphatic carbocycles. The SMILES string of the molecule is Cc1cccc(S(=O)(=O)N2CCC(C(=O)O)(n3cccn3)CC2)c1. The highest BCUT2D eigenvalue weighted by atomic mass is 32.2. The number of hydrogen-bond acceptors (Lipinski definition) is 4. The van der Waals surface area contributed by atoms with Gasteiger partial charge in [-0.1, -0.05) is 12.1 Å². The molecule has 0 bridgehead atoms. The molecule has 1 aliphatic rings. The Balaban J connectivity index is 1.85.